The summed E-state index contributed by atoms with van der Waals surface area (Å²) in [5.41, 5.74) is 0. The fourth-order valence-corrected chi connectivity index (χ4v) is 4.13. The highest BCUT2D eigenvalue weighted by Gasteiger charge is 2.25. The molecule has 0 fully saturated rings. The zero-order valence-electron chi connectivity index (χ0n) is 11.0. The van der Waals surface area contributed by atoms with E-state index in [1.807, 2.05) is 13.8 Å². The minimum absolute atomic E-state index is 0.0800. The summed E-state index contributed by atoms with van der Waals surface area (Å²) >= 11 is 0. The number of primary sulfonamides is 1. The van der Waals surface area contributed by atoms with Crippen molar-refractivity contribution in [2.24, 2.45) is 11.1 Å². The Bertz CT molecular complexity index is 651. The van der Waals surface area contributed by atoms with Gasteiger partial charge in [-0.05, 0) is 25.0 Å². The quantitative estimate of drug-likeness (QED) is 0.833. The Morgan fingerprint density at radius 1 is 1.00 bits per heavy atom. The number of rotatable bonds is 5. The van der Waals surface area contributed by atoms with Crippen LogP contribution in [0.2, 0.25) is 0 Å². The van der Waals surface area contributed by atoms with Crippen molar-refractivity contribution < 1.29 is 16.8 Å². The van der Waals surface area contributed by atoms with Crippen LogP contribution in [0.4, 0.5) is 0 Å². The first-order chi connectivity index (χ1) is 8.55. The van der Waals surface area contributed by atoms with Gasteiger partial charge in [0.25, 0.3) is 0 Å². The molecular weight excluding hydrogens is 288 g/mol. The van der Waals surface area contributed by atoms with E-state index in [9.17, 15) is 16.8 Å². The van der Waals surface area contributed by atoms with E-state index in [-0.39, 0.29) is 16.9 Å². The molecule has 6 nitrogen and oxygen atoms in total. The largest absolute Gasteiger partial charge is 0.242 e. The number of hydrogen-bond acceptors (Lipinski definition) is 4. The van der Waals surface area contributed by atoms with Crippen LogP contribution in [0.1, 0.15) is 20.8 Å². The molecule has 0 aliphatic carbocycles. The second-order valence-corrected chi connectivity index (χ2v) is 7.86. The Balaban J connectivity index is 3.31. The summed E-state index contributed by atoms with van der Waals surface area (Å²) in [6.07, 6.45) is 0. The first-order valence-corrected chi connectivity index (χ1v) is 8.73. The van der Waals surface area contributed by atoms with Crippen LogP contribution in [-0.2, 0) is 20.0 Å². The SMILES string of the molecule is CC(C)C(C)NS(=O)(=O)c1ccccc1S(N)(=O)=O. The average Bonchev–Trinajstić information content (AvgIpc) is 2.27. The second kappa shape index (κ2) is 5.58. The summed E-state index contributed by atoms with van der Waals surface area (Å²) in [5, 5.41) is 5.02. The standard InChI is InChI=1S/C11H18N2O4S2/c1-8(2)9(3)13-19(16,17)11-7-5-4-6-10(11)18(12,14)15/h4-9,13H,1-3H3,(H2,12,14,15). The predicted molar refractivity (Wildman–Crippen MR) is 72.4 cm³/mol. The number of sulfonamides is 2. The van der Waals surface area contributed by atoms with Crippen molar-refractivity contribution in [1.82, 2.24) is 4.72 Å². The van der Waals surface area contributed by atoms with Gasteiger partial charge in [0.2, 0.25) is 20.0 Å². The highest BCUT2D eigenvalue weighted by molar-refractivity contribution is 7.92. The molecule has 0 aliphatic heterocycles. The zero-order valence-corrected chi connectivity index (χ0v) is 12.6. The van der Waals surface area contributed by atoms with Gasteiger partial charge in [0.05, 0.1) is 0 Å². The molecule has 0 saturated carbocycles. The third-order valence-corrected chi connectivity index (χ3v) is 5.50. The van der Waals surface area contributed by atoms with E-state index in [2.05, 4.69) is 4.72 Å². The van der Waals surface area contributed by atoms with Gasteiger partial charge in [-0.1, -0.05) is 26.0 Å². The lowest BCUT2D eigenvalue weighted by atomic mass is 10.1. The summed E-state index contributed by atoms with van der Waals surface area (Å²) in [4.78, 5) is -0.733. The van der Waals surface area contributed by atoms with Crippen LogP contribution < -0.4 is 9.86 Å². The zero-order chi connectivity index (χ0) is 14.8. The maximum atomic E-state index is 12.2. The molecule has 0 aromatic heterocycles. The van der Waals surface area contributed by atoms with Crippen molar-refractivity contribution in [3.63, 3.8) is 0 Å². The third-order valence-electron chi connectivity index (χ3n) is 2.79. The maximum absolute atomic E-state index is 12.2. The topological polar surface area (TPSA) is 106 Å². The van der Waals surface area contributed by atoms with Gasteiger partial charge in [-0.3, -0.25) is 0 Å². The Hall–Kier alpha value is -0.960. The molecule has 19 heavy (non-hydrogen) atoms. The van der Waals surface area contributed by atoms with Crippen molar-refractivity contribution in [1.29, 1.82) is 0 Å². The smallest absolute Gasteiger partial charge is 0.225 e. The van der Waals surface area contributed by atoms with Gasteiger partial charge in [-0.2, -0.15) is 0 Å². The molecule has 0 heterocycles. The summed E-state index contributed by atoms with van der Waals surface area (Å²) in [7, 11) is -8.02. The van der Waals surface area contributed by atoms with E-state index in [0.717, 1.165) is 0 Å². The molecule has 108 valence electrons. The van der Waals surface area contributed by atoms with Crippen LogP contribution >= 0.6 is 0 Å². The summed E-state index contributed by atoms with van der Waals surface area (Å²) < 4.78 is 49.6. The van der Waals surface area contributed by atoms with E-state index < -0.39 is 24.9 Å². The molecule has 1 atom stereocenters. The van der Waals surface area contributed by atoms with Gasteiger partial charge in [0, 0.05) is 6.04 Å². The number of hydrogen-bond donors (Lipinski definition) is 2. The van der Waals surface area contributed by atoms with Gasteiger partial charge < -0.3 is 0 Å². The van der Waals surface area contributed by atoms with Gasteiger partial charge in [-0.25, -0.2) is 26.7 Å². The van der Waals surface area contributed by atoms with Gasteiger partial charge in [0.15, 0.2) is 0 Å². The molecule has 0 radical (unpaired) electrons. The van der Waals surface area contributed by atoms with E-state index in [0.29, 0.717) is 0 Å². The number of nitrogens with one attached hydrogen (secondary N) is 1. The lowest BCUT2D eigenvalue weighted by Gasteiger charge is -2.18. The molecule has 0 amide bonds. The Kier molecular flexibility index (Phi) is 4.72. The van der Waals surface area contributed by atoms with Crippen LogP contribution in [0.3, 0.4) is 0 Å². The van der Waals surface area contributed by atoms with E-state index in [1.54, 1.807) is 6.92 Å². The lowest BCUT2D eigenvalue weighted by Crippen LogP contribution is -2.36. The van der Waals surface area contributed by atoms with Crippen LogP contribution in [0.5, 0.6) is 0 Å². The van der Waals surface area contributed by atoms with Crippen LogP contribution in [0, 0.1) is 5.92 Å². The van der Waals surface area contributed by atoms with E-state index in [1.165, 1.54) is 24.3 Å². The lowest BCUT2D eigenvalue weighted by molar-refractivity contribution is 0.475. The Morgan fingerprint density at radius 2 is 1.47 bits per heavy atom. The van der Waals surface area contributed by atoms with Crippen LogP contribution in [0.25, 0.3) is 0 Å². The van der Waals surface area contributed by atoms with Gasteiger partial charge in [0.1, 0.15) is 9.79 Å². The summed E-state index contributed by atoms with van der Waals surface area (Å²) in [6, 6.07) is 4.94. The highest BCUT2D eigenvalue weighted by atomic mass is 32.2. The van der Waals surface area contributed by atoms with Crippen molar-refractivity contribution >= 4 is 20.0 Å². The molecule has 0 spiro atoms. The van der Waals surface area contributed by atoms with Crippen LogP contribution in [-0.4, -0.2) is 22.9 Å². The Morgan fingerprint density at radius 3 is 1.89 bits per heavy atom. The minimum atomic E-state index is -4.09. The molecule has 0 bridgehead atoms. The first kappa shape index (κ1) is 16.1. The maximum Gasteiger partial charge on any atom is 0.242 e. The minimum Gasteiger partial charge on any atom is -0.225 e. The van der Waals surface area contributed by atoms with E-state index in [4.69, 9.17) is 5.14 Å². The predicted octanol–water partition coefficient (Wildman–Crippen LogP) is 0.657. The molecule has 8 heteroatoms. The van der Waals surface area contributed by atoms with Crippen molar-refractivity contribution in [2.75, 3.05) is 0 Å². The molecule has 1 unspecified atom stereocenters. The Labute approximate surface area is 114 Å². The van der Waals surface area contributed by atoms with Crippen molar-refractivity contribution in [3.8, 4) is 0 Å². The normalized spacial score (nSPS) is 14.6. The fourth-order valence-electron chi connectivity index (χ4n) is 1.35. The van der Waals surface area contributed by atoms with Crippen molar-refractivity contribution in [2.45, 2.75) is 36.6 Å². The molecule has 0 saturated heterocycles. The second-order valence-electron chi connectivity index (χ2n) is 4.65. The third kappa shape index (κ3) is 4.00. The molecular formula is C11H18N2O4S2. The molecule has 1 aromatic carbocycles. The van der Waals surface area contributed by atoms with Crippen LogP contribution in [0.15, 0.2) is 34.1 Å². The number of nitrogens with two attached hydrogens (primary N) is 1. The summed E-state index contributed by atoms with van der Waals surface area (Å²) in [5.74, 6) is 0.0800. The van der Waals surface area contributed by atoms with Gasteiger partial charge >= 0.3 is 0 Å². The molecule has 1 rings (SSSR count). The fraction of sp³-hybridized carbons (Fsp3) is 0.455. The first-order valence-electron chi connectivity index (χ1n) is 5.70. The number of benzene rings is 1. The summed E-state index contributed by atoms with van der Waals surface area (Å²) in [6.45, 7) is 5.43. The highest BCUT2D eigenvalue weighted by Crippen LogP contribution is 2.20. The molecule has 1 aromatic rings. The molecule has 3 N–H and O–H groups in total. The van der Waals surface area contributed by atoms with Crippen molar-refractivity contribution in [3.05, 3.63) is 24.3 Å². The average molecular weight is 306 g/mol. The van der Waals surface area contributed by atoms with E-state index >= 15 is 0 Å². The molecule has 0 aliphatic rings. The monoisotopic (exact) mass is 306 g/mol. The van der Waals surface area contributed by atoms with Gasteiger partial charge in [-0.15, -0.1) is 0 Å².